The Bertz CT molecular complexity index is 1260. The topological polar surface area (TPSA) is 108 Å². The SMILES string of the molecule is CCCCC/C=C/CC/C=C/CC/C=C/C(O)C(COP(=O)([O-])OCC[N+](C)(C)C)NC(=O)CCCCCCCCCCCCCCCCCCCCC/C=C\C/C=C\CCCCCCC. The first kappa shape index (κ1) is 64.2. The predicted molar refractivity (Wildman–Crippen MR) is 284 cm³/mol. The van der Waals surface area contributed by atoms with Crippen molar-refractivity contribution in [2.75, 3.05) is 40.9 Å². The summed E-state index contributed by atoms with van der Waals surface area (Å²) in [7, 11) is 1.23. The average molecular weight is 947 g/mol. The number of allylic oxidation sites excluding steroid dienone is 9. The van der Waals surface area contributed by atoms with Gasteiger partial charge >= 0.3 is 0 Å². The van der Waals surface area contributed by atoms with Crippen molar-refractivity contribution in [3.63, 3.8) is 0 Å². The number of unbranched alkanes of at least 4 members (excludes halogenated alkanes) is 29. The number of hydrogen-bond donors (Lipinski definition) is 2. The van der Waals surface area contributed by atoms with E-state index in [9.17, 15) is 19.4 Å². The Morgan fingerprint density at radius 1 is 0.530 bits per heavy atom. The fourth-order valence-electron chi connectivity index (χ4n) is 7.80. The molecule has 2 N–H and O–H groups in total. The smallest absolute Gasteiger partial charge is 0.268 e. The lowest BCUT2D eigenvalue weighted by molar-refractivity contribution is -0.870. The number of phosphoric acid groups is 1. The highest BCUT2D eigenvalue weighted by atomic mass is 31.2. The minimum Gasteiger partial charge on any atom is -0.756 e. The first-order valence-electron chi connectivity index (χ1n) is 27.7. The third-order valence-electron chi connectivity index (χ3n) is 12.2. The van der Waals surface area contributed by atoms with Crippen LogP contribution in [0.5, 0.6) is 0 Å². The molecule has 0 spiro atoms. The van der Waals surface area contributed by atoms with Crippen LogP contribution in [0.25, 0.3) is 0 Å². The molecule has 0 aromatic heterocycles. The molecule has 0 aliphatic rings. The molecule has 0 aliphatic heterocycles. The van der Waals surface area contributed by atoms with Crippen LogP contribution in [-0.2, 0) is 18.4 Å². The first-order valence-corrected chi connectivity index (χ1v) is 29.1. The number of nitrogens with one attached hydrogen (secondary N) is 1. The van der Waals surface area contributed by atoms with Crippen LogP contribution in [-0.4, -0.2) is 68.5 Å². The van der Waals surface area contributed by atoms with Crippen LogP contribution in [0.1, 0.15) is 245 Å². The van der Waals surface area contributed by atoms with E-state index in [-0.39, 0.29) is 12.5 Å². The van der Waals surface area contributed by atoms with E-state index >= 15 is 0 Å². The van der Waals surface area contributed by atoms with Crippen LogP contribution in [0, 0.1) is 0 Å². The summed E-state index contributed by atoms with van der Waals surface area (Å²) < 4.78 is 23.2. The maximum Gasteiger partial charge on any atom is 0.268 e. The van der Waals surface area contributed by atoms with Crippen molar-refractivity contribution in [1.29, 1.82) is 0 Å². The Balaban J connectivity index is 4.08. The fraction of sp³-hybridized carbons (Fsp3) is 0.807. The highest BCUT2D eigenvalue weighted by Crippen LogP contribution is 2.38. The van der Waals surface area contributed by atoms with Crippen LogP contribution in [0.2, 0.25) is 0 Å². The second-order valence-corrected chi connectivity index (χ2v) is 21.3. The Labute approximate surface area is 409 Å². The maximum atomic E-state index is 12.9. The van der Waals surface area contributed by atoms with Crippen LogP contribution in [0.4, 0.5) is 0 Å². The highest BCUT2D eigenvalue weighted by Gasteiger charge is 2.23. The highest BCUT2D eigenvalue weighted by molar-refractivity contribution is 7.45. The monoisotopic (exact) mass is 947 g/mol. The number of likely N-dealkylation sites (N-methyl/N-ethyl adjacent to an activating group) is 1. The standard InChI is InChI=1S/C57H107N2O6P/c1-6-8-10-12-14-16-18-20-21-22-23-24-25-26-27-28-29-30-31-32-33-34-35-36-37-39-41-43-45-47-49-51-57(61)58-55(54-65-66(62,63)64-53-52-59(3,4)5)56(60)50-48-46-44-42-40-38-19-17-15-13-11-9-7-2/h15,17-18,20,22-23,40,42,48,50,55-56,60H,6-14,16,19,21,24-39,41,43-47,49,51-54H2,1-5H3,(H-,58,61,62,63)/b17-15+,20-18-,23-22-,42-40+,50-48+. The van der Waals surface area contributed by atoms with Gasteiger partial charge in [0.05, 0.1) is 39.9 Å². The van der Waals surface area contributed by atoms with Gasteiger partial charge in [-0.3, -0.25) is 9.36 Å². The largest absolute Gasteiger partial charge is 0.756 e. The number of aliphatic hydroxyl groups excluding tert-OH is 1. The van der Waals surface area contributed by atoms with Gasteiger partial charge in [0.1, 0.15) is 13.2 Å². The van der Waals surface area contributed by atoms with Crippen LogP contribution < -0.4 is 10.2 Å². The van der Waals surface area contributed by atoms with Crippen molar-refractivity contribution in [2.24, 2.45) is 0 Å². The normalized spacial score (nSPS) is 14.5. The molecule has 0 heterocycles. The number of nitrogens with zero attached hydrogens (tertiary/aromatic N) is 1. The Hall–Kier alpha value is -1.80. The van der Waals surface area contributed by atoms with Crippen molar-refractivity contribution in [3.8, 4) is 0 Å². The fourth-order valence-corrected chi connectivity index (χ4v) is 8.53. The minimum atomic E-state index is -4.60. The lowest BCUT2D eigenvalue weighted by Crippen LogP contribution is -2.45. The molecule has 0 aromatic rings. The quantitative estimate of drug-likeness (QED) is 0.0272. The summed E-state index contributed by atoms with van der Waals surface area (Å²) in [5.74, 6) is -0.211. The van der Waals surface area contributed by atoms with E-state index in [0.717, 1.165) is 57.8 Å². The summed E-state index contributed by atoms with van der Waals surface area (Å²) in [6.07, 6.45) is 64.5. The van der Waals surface area contributed by atoms with Gasteiger partial charge < -0.3 is 28.8 Å². The summed E-state index contributed by atoms with van der Waals surface area (Å²) in [5.41, 5.74) is 0. The molecule has 0 fully saturated rings. The zero-order valence-corrected chi connectivity index (χ0v) is 44.8. The summed E-state index contributed by atoms with van der Waals surface area (Å²) >= 11 is 0. The van der Waals surface area contributed by atoms with E-state index in [0.29, 0.717) is 17.4 Å². The number of aliphatic hydroxyl groups is 1. The van der Waals surface area contributed by atoms with Crippen LogP contribution in [0.15, 0.2) is 60.8 Å². The molecular weight excluding hydrogens is 840 g/mol. The molecular formula is C57H107N2O6P. The van der Waals surface area contributed by atoms with Crippen molar-refractivity contribution in [3.05, 3.63) is 60.8 Å². The Morgan fingerprint density at radius 3 is 1.35 bits per heavy atom. The molecule has 3 atom stereocenters. The first-order chi connectivity index (χ1) is 32.0. The molecule has 0 bridgehead atoms. The van der Waals surface area contributed by atoms with Gasteiger partial charge in [0.2, 0.25) is 5.91 Å². The predicted octanol–water partition coefficient (Wildman–Crippen LogP) is 15.9. The number of amides is 1. The van der Waals surface area contributed by atoms with Crippen LogP contribution >= 0.6 is 7.82 Å². The average Bonchev–Trinajstić information content (AvgIpc) is 3.28. The van der Waals surface area contributed by atoms with Crippen LogP contribution in [0.3, 0.4) is 0 Å². The number of carbonyl (C=O) groups is 1. The van der Waals surface area contributed by atoms with Gasteiger partial charge in [0.25, 0.3) is 7.82 Å². The third kappa shape index (κ3) is 50.1. The number of quaternary nitrogens is 1. The molecule has 0 radical (unpaired) electrons. The molecule has 66 heavy (non-hydrogen) atoms. The van der Waals surface area contributed by atoms with E-state index < -0.39 is 26.6 Å². The zero-order valence-electron chi connectivity index (χ0n) is 43.9. The van der Waals surface area contributed by atoms with Crippen molar-refractivity contribution in [2.45, 2.75) is 257 Å². The van der Waals surface area contributed by atoms with E-state index in [1.807, 2.05) is 27.2 Å². The molecule has 0 saturated heterocycles. The lowest BCUT2D eigenvalue weighted by Gasteiger charge is -2.29. The van der Waals surface area contributed by atoms with Gasteiger partial charge in [0.15, 0.2) is 0 Å². The number of rotatable bonds is 50. The second-order valence-electron chi connectivity index (χ2n) is 19.9. The van der Waals surface area contributed by atoms with Gasteiger partial charge in [-0.15, -0.1) is 0 Å². The lowest BCUT2D eigenvalue weighted by atomic mass is 10.0. The molecule has 0 aromatic carbocycles. The van der Waals surface area contributed by atoms with E-state index in [2.05, 4.69) is 67.8 Å². The molecule has 1 amide bonds. The van der Waals surface area contributed by atoms with Crippen molar-refractivity contribution >= 4 is 13.7 Å². The van der Waals surface area contributed by atoms with Gasteiger partial charge in [-0.1, -0.05) is 222 Å². The van der Waals surface area contributed by atoms with Crippen molar-refractivity contribution < 1.29 is 32.9 Å². The van der Waals surface area contributed by atoms with Gasteiger partial charge in [0, 0.05) is 6.42 Å². The summed E-state index contributed by atoms with van der Waals surface area (Å²) in [6, 6.07) is -0.909. The summed E-state index contributed by atoms with van der Waals surface area (Å²) in [5, 5.41) is 13.8. The molecule has 0 rings (SSSR count). The summed E-state index contributed by atoms with van der Waals surface area (Å²) in [6.45, 7) is 4.58. The van der Waals surface area contributed by atoms with Crippen molar-refractivity contribution in [1.82, 2.24) is 5.32 Å². The third-order valence-corrected chi connectivity index (χ3v) is 13.1. The van der Waals surface area contributed by atoms with Gasteiger partial charge in [-0.25, -0.2) is 0 Å². The minimum absolute atomic E-state index is 0.00968. The molecule has 9 heteroatoms. The number of carbonyl (C=O) groups excluding carboxylic acids is 1. The van der Waals surface area contributed by atoms with Gasteiger partial charge in [-0.2, -0.15) is 0 Å². The number of phosphoric ester groups is 1. The Morgan fingerprint density at radius 2 is 0.894 bits per heavy atom. The number of hydrogen-bond acceptors (Lipinski definition) is 6. The second kappa shape index (κ2) is 48.2. The molecule has 386 valence electrons. The maximum absolute atomic E-state index is 12.9. The van der Waals surface area contributed by atoms with E-state index in [4.69, 9.17) is 9.05 Å². The zero-order chi connectivity index (χ0) is 48.5. The van der Waals surface area contributed by atoms with E-state index in [1.54, 1.807) is 6.08 Å². The van der Waals surface area contributed by atoms with Gasteiger partial charge in [-0.05, 0) is 77.0 Å². The van der Waals surface area contributed by atoms with E-state index in [1.165, 1.54) is 167 Å². The summed E-state index contributed by atoms with van der Waals surface area (Å²) in [4.78, 5) is 25.4. The molecule has 0 saturated carbocycles. The molecule has 0 aliphatic carbocycles. The molecule has 8 nitrogen and oxygen atoms in total. The molecule has 3 unspecified atom stereocenters. The Kier molecular flexibility index (Phi) is 46.9.